The van der Waals surface area contributed by atoms with Crippen LogP contribution in [0.25, 0.3) is 0 Å². The van der Waals surface area contributed by atoms with Crippen LogP contribution in [-0.4, -0.2) is 22.4 Å². The van der Waals surface area contributed by atoms with Gasteiger partial charge < -0.3 is 25.4 Å². The van der Waals surface area contributed by atoms with E-state index in [2.05, 4.69) is 5.32 Å². The van der Waals surface area contributed by atoms with Crippen molar-refractivity contribution >= 4 is 17.3 Å². The Morgan fingerprint density at radius 2 is 1.85 bits per heavy atom. The van der Waals surface area contributed by atoms with Crippen molar-refractivity contribution in [3.63, 3.8) is 0 Å². The standard InChI is InChI=1S/C14H14ClNO4/c1-20-12-5-3-9(15)6-10(12)16-7-8-2-4-11(17)14(19)13(8)18/h2-6,16-19H,7H2,1H3. The molecule has 20 heavy (non-hydrogen) atoms. The van der Waals surface area contributed by atoms with Gasteiger partial charge in [0, 0.05) is 17.1 Å². The van der Waals surface area contributed by atoms with E-state index in [0.717, 1.165) is 0 Å². The molecule has 2 rings (SSSR count). The molecule has 0 spiro atoms. The van der Waals surface area contributed by atoms with Crippen LogP contribution >= 0.6 is 11.6 Å². The summed E-state index contributed by atoms with van der Waals surface area (Å²) in [6.45, 7) is 0.233. The third-order valence-corrected chi connectivity index (χ3v) is 3.08. The Morgan fingerprint density at radius 1 is 1.10 bits per heavy atom. The zero-order valence-corrected chi connectivity index (χ0v) is 11.5. The van der Waals surface area contributed by atoms with Crippen molar-refractivity contribution in [2.24, 2.45) is 0 Å². The third-order valence-electron chi connectivity index (χ3n) is 2.84. The highest BCUT2D eigenvalue weighted by Crippen LogP contribution is 2.37. The second kappa shape index (κ2) is 5.79. The normalized spacial score (nSPS) is 10.3. The smallest absolute Gasteiger partial charge is 0.200 e. The van der Waals surface area contributed by atoms with E-state index in [0.29, 0.717) is 22.0 Å². The topological polar surface area (TPSA) is 82.0 Å². The summed E-state index contributed by atoms with van der Waals surface area (Å²) in [6.07, 6.45) is 0. The minimum atomic E-state index is -0.539. The summed E-state index contributed by atoms with van der Waals surface area (Å²) in [7, 11) is 1.54. The summed E-state index contributed by atoms with van der Waals surface area (Å²) in [6, 6.07) is 7.93. The van der Waals surface area contributed by atoms with E-state index in [1.54, 1.807) is 18.2 Å². The Labute approximate surface area is 121 Å². The highest BCUT2D eigenvalue weighted by molar-refractivity contribution is 6.30. The molecule has 5 nitrogen and oxygen atoms in total. The van der Waals surface area contributed by atoms with Crippen molar-refractivity contribution in [2.45, 2.75) is 6.54 Å². The predicted octanol–water partition coefficient (Wildman–Crippen LogP) is 3.08. The van der Waals surface area contributed by atoms with Gasteiger partial charge in [-0.1, -0.05) is 11.6 Å². The molecule has 0 aliphatic heterocycles. The van der Waals surface area contributed by atoms with Crippen molar-refractivity contribution in [2.75, 3.05) is 12.4 Å². The minimum absolute atomic E-state index is 0.233. The molecule has 0 atom stereocenters. The number of ether oxygens (including phenoxy) is 1. The van der Waals surface area contributed by atoms with Gasteiger partial charge in [0.1, 0.15) is 5.75 Å². The van der Waals surface area contributed by atoms with Crippen LogP contribution in [0.5, 0.6) is 23.0 Å². The summed E-state index contributed by atoms with van der Waals surface area (Å²) >= 11 is 5.91. The van der Waals surface area contributed by atoms with Crippen LogP contribution in [0.15, 0.2) is 30.3 Å². The van der Waals surface area contributed by atoms with Gasteiger partial charge in [0.2, 0.25) is 5.75 Å². The number of methoxy groups -OCH3 is 1. The summed E-state index contributed by atoms with van der Waals surface area (Å²) in [5.41, 5.74) is 1.09. The molecule has 2 aromatic carbocycles. The molecule has 0 saturated heterocycles. The lowest BCUT2D eigenvalue weighted by Crippen LogP contribution is -2.01. The van der Waals surface area contributed by atoms with Gasteiger partial charge in [0.15, 0.2) is 11.5 Å². The summed E-state index contributed by atoms with van der Waals surface area (Å²) in [5, 5.41) is 32.0. The molecule has 4 N–H and O–H groups in total. The van der Waals surface area contributed by atoms with E-state index < -0.39 is 5.75 Å². The second-order valence-corrected chi connectivity index (χ2v) is 4.58. The lowest BCUT2D eigenvalue weighted by molar-refractivity contribution is 0.365. The highest BCUT2D eigenvalue weighted by atomic mass is 35.5. The summed E-state index contributed by atoms with van der Waals surface area (Å²) in [4.78, 5) is 0. The molecule has 0 aliphatic rings. The van der Waals surface area contributed by atoms with Gasteiger partial charge >= 0.3 is 0 Å². The first-order chi connectivity index (χ1) is 9.52. The van der Waals surface area contributed by atoms with Crippen LogP contribution in [0.1, 0.15) is 5.56 Å². The number of hydrogen-bond acceptors (Lipinski definition) is 5. The molecule has 0 heterocycles. The molecule has 0 bridgehead atoms. The van der Waals surface area contributed by atoms with Crippen molar-refractivity contribution in [1.29, 1.82) is 0 Å². The molecule has 6 heteroatoms. The van der Waals surface area contributed by atoms with Crippen molar-refractivity contribution in [1.82, 2.24) is 0 Å². The number of halogens is 1. The van der Waals surface area contributed by atoms with E-state index in [1.807, 2.05) is 0 Å². The molecule has 0 radical (unpaired) electrons. The van der Waals surface area contributed by atoms with E-state index in [-0.39, 0.29) is 18.0 Å². The molecular formula is C14H14ClNO4. The fourth-order valence-corrected chi connectivity index (χ4v) is 1.93. The number of phenols is 3. The second-order valence-electron chi connectivity index (χ2n) is 4.14. The predicted molar refractivity (Wildman–Crippen MR) is 76.8 cm³/mol. The molecular weight excluding hydrogens is 282 g/mol. The Kier molecular flexibility index (Phi) is 4.10. The molecule has 2 aromatic rings. The Bertz CT molecular complexity index is 631. The van der Waals surface area contributed by atoms with Gasteiger partial charge in [-0.3, -0.25) is 0 Å². The molecule has 0 aliphatic carbocycles. The number of benzene rings is 2. The van der Waals surface area contributed by atoms with Crippen LogP contribution < -0.4 is 10.1 Å². The van der Waals surface area contributed by atoms with Gasteiger partial charge in [-0.05, 0) is 30.3 Å². The minimum Gasteiger partial charge on any atom is -0.504 e. The molecule has 0 unspecified atom stereocenters. The molecule has 0 aromatic heterocycles. The fraction of sp³-hybridized carbons (Fsp3) is 0.143. The zero-order chi connectivity index (χ0) is 14.7. The van der Waals surface area contributed by atoms with E-state index in [4.69, 9.17) is 16.3 Å². The monoisotopic (exact) mass is 295 g/mol. The summed E-state index contributed by atoms with van der Waals surface area (Å²) < 4.78 is 5.19. The first-order valence-electron chi connectivity index (χ1n) is 5.83. The van der Waals surface area contributed by atoms with Gasteiger partial charge in [-0.25, -0.2) is 0 Å². The van der Waals surface area contributed by atoms with Gasteiger partial charge in [0.25, 0.3) is 0 Å². The Morgan fingerprint density at radius 3 is 2.55 bits per heavy atom. The highest BCUT2D eigenvalue weighted by Gasteiger charge is 2.11. The number of hydrogen-bond donors (Lipinski definition) is 4. The maximum Gasteiger partial charge on any atom is 0.200 e. The number of rotatable bonds is 4. The van der Waals surface area contributed by atoms with Crippen LogP contribution in [0, 0.1) is 0 Å². The average Bonchev–Trinajstić information content (AvgIpc) is 2.44. The van der Waals surface area contributed by atoms with Gasteiger partial charge in [0.05, 0.1) is 12.8 Å². The number of aromatic hydroxyl groups is 3. The van der Waals surface area contributed by atoms with Gasteiger partial charge in [-0.2, -0.15) is 0 Å². The molecule has 0 amide bonds. The van der Waals surface area contributed by atoms with Crippen molar-refractivity contribution in [3.05, 3.63) is 40.9 Å². The molecule has 0 saturated carbocycles. The first kappa shape index (κ1) is 14.1. The summed E-state index contributed by atoms with van der Waals surface area (Å²) in [5.74, 6) is -0.663. The number of anilines is 1. The van der Waals surface area contributed by atoms with E-state index >= 15 is 0 Å². The lowest BCUT2D eigenvalue weighted by atomic mass is 10.1. The van der Waals surface area contributed by atoms with Crippen LogP contribution in [0.2, 0.25) is 5.02 Å². The molecule has 0 fully saturated rings. The maximum absolute atomic E-state index is 9.73. The van der Waals surface area contributed by atoms with Crippen LogP contribution in [0.4, 0.5) is 5.69 Å². The van der Waals surface area contributed by atoms with E-state index in [1.165, 1.54) is 19.2 Å². The Hall–Kier alpha value is -2.27. The van der Waals surface area contributed by atoms with Crippen molar-refractivity contribution < 1.29 is 20.1 Å². The lowest BCUT2D eigenvalue weighted by Gasteiger charge is -2.13. The van der Waals surface area contributed by atoms with Crippen LogP contribution in [-0.2, 0) is 6.54 Å². The fourth-order valence-electron chi connectivity index (χ4n) is 1.76. The van der Waals surface area contributed by atoms with Gasteiger partial charge in [-0.15, -0.1) is 0 Å². The number of phenolic OH excluding ortho intramolecular Hbond substituents is 3. The SMILES string of the molecule is COc1ccc(Cl)cc1NCc1ccc(O)c(O)c1O. The first-order valence-corrected chi connectivity index (χ1v) is 6.21. The quantitative estimate of drug-likeness (QED) is 0.652. The third kappa shape index (κ3) is 2.83. The Balaban J connectivity index is 2.21. The van der Waals surface area contributed by atoms with Crippen LogP contribution in [0.3, 0.4) is 0 Å². The largest absolute Gasteiger partial charge is 0.504 e. The zero-order valence-electron chi connectivity index (χ0n) is 10.7. The van der Waals surface area contributed by atoms with Crippen molar-refractivity contribution in [3.8, 4) is 23.0 Å². The number of nitrogens with one attached hydrogen (secondary N) is 1. The maximum atomic E-state index is 9.73. The average molecular weight is 296 g/mol. The molecule has 106 valence electrons. The van der Waals surface area contributed by atoms with E-state index in [9.17, 15) is 15.3 Å².